The van der Waals surface area contributed by atoms with Gasteiger partial charge in [0.05, 0.1) is 4.90 Å². The van der Waals surface area contributed by atoms with Crippen molar-refractivity contribution in [1.29, 1.82) is 0 Å². The van der Waals surface area contributed by atoms with Crippen LogP contribution < -0.4 is 34.5 Å². The maximum atomic E-state index is 12.0. The van der Waals surface area contributed by atoms with Gasteiger partial charge in [-0.05, 0) is 24.4 Å². The molecule has 21 heavy (non-hydrogen) atoms. The Balaban J connectivity index is 0.00000161. The van der Waals surface area contributed by atoms with E-state index in [9.17, 15) is 13.2 Å². The van der Waals surface area contributed by atoms with Gasteiger partial charge in [-0.15, -0.1) is 0 Å². The number of pyridine rings is 1. The van der Waals surface area contributed by atoms with E-state index in [-0.39, 0.29) is 40.1 Å². The van der Waals surface area contributed by atoms with Crippen LogP contribution in [-0.2, 0) is 10.0 Å². The molecule has 3 rings (SSSR count). The van der Waals surface area contributed by atoms with Gasteiger partial charge in [0, 0.05) is 12.4 Å². The number of nitrogens with zero attached hydrogens (tertiary/aromatic N) is 3. The third-order valence-corrected chi connectivity index (χ3v) is 4.20. The molecule has 0 atom stereocenters. The molecule has 0 radical (unpaired) electrons. The minimum atomic E-state index is -3.97. The summed E-state index contributed by atoms with van der Waals surface area (Å²) in [6.45, 7) is 1.89. The number of carbonyl (C=O) groups excluding carboxylic acids is 1. The number of anilines is 2. The van der Waals surface area contributed by atoms with Gasteiger partial charge in [0.1, 0.15) is 0 Å². The first-order chi connectivity index (χ1) is 9.49. The molecule has 102 valence electrons. The van der Waals surface area contributed by atoms with Crippen LogP contribution in [-0.4, -0.2) is 19.4 Å². The third-order valence-electron chi connectivity index (χ3n) is 2.93. The van der Waals surface area contributed by atoms with E-state index in [2.05, 4.69) is 9.71 Å². The molecule has 0 saturated carbocycles. The normalized spacial score (nSPS) is 15.7. The molecule has 1 aliphatic rings. The van der Waals surface area contributed by atoms with Gasteiger partial charge < -0.3 is 9.62 Å². The summed E-state index contributed by atoms with van der Waals surface area (Å²) in [6.07, 6.45) is 2.64. The van der Waals surface area contributed by atoms with Crippen LogP contribution in [0.5, 0.6) is 0 Å². The first-order valence-corrected chi connectivity index (χ1v) is 7.26. The predicted octanol–water partition coefficient (Wildman–Crippen LogP) is -0.272. The summed E-state index contributed by atoms with van der Waals surface area (Å²) < 4.78 is 27.0. The van der Waals surface area contributed by atoms with Crippen molar-refractivity contribution in [3.63, 3.8) is 0 Å². The van der Waals surface area contributed by atoms with E-state index < -0.39 is 16.1 Å². The van der Waals surface area contributed by atoms with Crippen molar-refractivity contribution in [1.82, 2.24) is 4.98 Å². The molecule has 6 nitrogen and oxygen atoms in total. The fourth-order valence-electron chi connectivity index (χ4n) is 2.07. The minimum absolute atomic E-state index is 0. The van der Waals surface area contributed by atoms with E-state index in [1.807, 2.05) is 13.0 Å². The summed E-state index contributed by atoms with van der Waals surface area (Å²) in [6, 6.07) is 7.86. The maximum Gasteiger partial charge on any atom is 1.00 e. The monoisotopic (exact) mass is 311 g/mol. The second-order valence-corrected chi connectivity index (χ2v) is 5.94. The van der Waals surface area contributed by atoms with Gasteiger partial charge in [-0.3, -0.25) is 9.78 Å². The van der Waals surface area contributed by atoms with Crippen molar-refractivity contribution in [2.45, 2.75) is 11.8 Å². The number of fused-ring (bicyclic) bond motifs is 1. The maximum absolute atomic E-state index is 12.0. The van der Waals surface area contributed by atoms with Crippen LogP contribution in [0.25, 0.3) is 4.72 Å². The van der Waals surface area contributed by atoms with Crippen molar-refractivity contribution >= 4 is 27.4 Å². The van der Waals surface area contributed by atoms with Crippen molar-refractivity contribution in [2.75, 3.05) is 4.90 Å². The van der Waals surface area contributed by atoms with Crippen LogP contribution in [0.4, 0.5) is 16.2 Å². The zero-order valence-corrected chi connectivity index (χ0v) is 14.3. The van der Waals surface area contributed by atoms with Gasteiger partial charge in [-0.2, -0.15) is 0 Å². The molecule has 8 heteroatoms. The number of benzene rings is 1. The molecular weight excluding hydrogens is 301 g/mol. The van der Waals surface area contributed by atoms with Gasteiger partial charge >= 0.3 is 29.6 Å². The standard InChI is InChI=1S/C13H11N3O3S.Na/c1-9-3-2-4-10(7-9)16-11-5-6-14-8-12(11)20(18,19)15-13(16)17;/h2-8H,1H3,(H,15,17);/q;+1/p-1. The molecule has 0 N–H and O–H groups in total. The van der Waals surface area contributed by atoms with Gasteiger partial charge in [0.25, 0.3) is 0 Å². The average molecular weight is 311 g/mol. The number of rotatable bonds is 1. The first-order valence-electron chi connectivity index (χ1n) is 5.82. The Kier molecular flexibility index (Phi) is 4.38. The smallest absolute Gasteiger partial charge is 0.382 e. The van der Waals surface area contributed by atoms with Crippen molar-refractivity contribution in [3.8, 4) is 0 Å². The molecule has 2 heterocycles. The van der Waals surface area contributed by atoms with Gasteiger partial charge in [0.15, 0.2) is 6.03 Å². The second kappa shape index (κ2) is 5.76. The number of hydrogen-bond acceptors (Lipinski definition) is 4. The van der Waals surface area contributed by atoms with Crippen LogP contribution in [0, 0.1) is 6.92 Å². The molecule has 0 bridgehead atoms. The summed E-state index contributed by atoms with van der Waals surface area (Å²) in [5.41, 5.74) is 1.80. The van der Waals surface area contributed by atoms with Crippen LogP contribution in [0.2, 0.25) is 0 Å². The van der Waals surface area contributed by atoms with Gasteiger partial charge in [-0.25, -0.2) is 8.42 Å². The number of aryl methyl sites for hydroxylation is 1. The Labute approximate surface area is 144 Å². The molecular formula is C13H10N3NaO3S. The van der Waals surface area contributed by atoms with E-state index in [1.165, 1.54) is 23.4 Å². The minimum Gasteiger partial charge on any atom is -0.382 e. The van der Waals surface area contributed by atoms with Crippen LogP contribution >= 0.6 is 0 Å². The van der Waals surface area contributed by atoms with E-state index >= 15 is 0 Å². The molecule has 0 spiro atoms. The molecule has 0 fully saturated rings. The Morgan fingerprint density at radius 3 is 2.71 bits per heavy atom. The summed E-state index contributed by atoms with van der Waals surface area (Å²) in [5.74, 6) is 0. The summed E-state index contributed by atoms with van der Waals surface area (Å²) >= 11 is 0. The molecule has 0 saturated heterocycles. The fourth-order valence-corrected chi connectivity index (χ4v) is 3.07. The number of hydrogen-bond donors (Lipinski definition) is 0. The molecule has 1 aliphatic heterocycles. The Morgan fingerprint density at radius 1 is 1.24 bits per heavy atom. The molecule has 1 aromatic heterocycles. The van der Waals surface area contributed by atoms with E-state index in [1.54, 1.807) is 18.2 Å². The molecule has 1 aromatic carbocycles. The number of aromatic nitrogens is 1. The number of carbonyl (C=O) groups is 1. The summed E-state index contributed by atoms with van der Waals surface area (Å²) in [7, 11) is -3.97. The quantitative estimate of drug-likeness (QED) is 0.679. The largest absolute Gasteiger partial charge is 1.00 e. The van der Waals surface area contributed by atoms with Crippen LogP contribution in [0.15, 0.2) is 47.6 Å². The number of amides is 2. The second-order valence-electron chi connectivity index (χ2n) is 4.37. The van der Waals surface area contributed by atoms with Crippen LogP contribution in [0.3, 0.4) is 0 Å². The summed E-state index contributed by atoms with van der Waals surface area (Å²) in [5, 5.41) is 0. The molecule has 2 aromatic rings. The third kappa shape index (κ3) is 2.82. The van der Waals surface area contributed by atoms with Crippen molar-refractivity contribution in [2.24, 2.45) is 0 Å². The molecule has 0 aliphatic carbocycles. The molecule has 0 unspecified atom stereocenters. The van der Waals surface area contributed by atoms with E-state index in [0.29, 0.717) is 5.69 Å². The fraction of sp³-hybridized carbons (Fsp3) is 0.0769. The van der Waals surface area contributed by atoms with Gasteiger partial charge in [-0.1, -0.05) is 29.8 Å². The van der Waals surface area contributed by atoms with E-state index in [0.717, 1.165) is 5.56 Å². The SMILES string of the molecule is Cc1cccc(N2C(=O)[N-]S(=O)(=O)c3cnccc32)c1.[Na+]. The predicted molar refractivity (Wildman–Crippen MR) is 73.5 cm³/mol. The van der Waals surface area contributed by atoms with Gasteiger partial charge in [0.2, 0.25) is 10.0 Å². The Hall–Kier alpha value is -1.41. The molecule has 2 amide bonds. The zero-order chi connectivity index (χ0) is 14.3. The first kappa shape index (κ1) is 16.0. The summed E-state index contributed by atoms with van der Waals surface area (Å²) in [4.78, 5) is 17.0. The van der Waals surface area contributed by atoms with Crippen molar-refractivity contribution in [3.05, 3.63) is 53.0 Å². The van der Waals surface area contributed by atoms with E-state index in [4.69, 9.17) is 0 Å². The number of sulfonamides is 1. The number of urea groups is 1. The average Bonchev–Trinajstić information content (AvgIpc) is 2.38. The Morgan fingerprint density at radius 2 is 2.00 bits per heavy atom. The van der Waals surface area contributed by atoms with Crippen LogP contribution in [0.1, 0.15) is 5.56 Å². The topological polar surface area (TPSA) is 81.4 Å². The Bertz CT molecular complexity index is 808. The zero-order valence-electron chi connectivity index (χ0n) is 11.5. The van der Waals surface area contributed by atoms with Crippen molar-refractivity contribution < 1.29 is 42.8 Å².